The van der Waals surface area contributed by atoms with Gasteiger partial charge in [0, 0.05) is 25.6 Å². The fourth-order valence-electron chi connectivity index (χ4n) is 3.83. The van der Waals surface area contributed by atoms with Gasteiger partial charge in [-0.2, -0.15) is 0 Å². The summed E-state index contributed by atoms with van der Waals surface area (Å²) >= 11 is 0. The molecule has 4 rings (SSSR count). The summed E-state index contributed by atoms with van der Waals surface area (Å²) in [5, 5.41) is 18.9. The molecule has 150 valence electrons. The number of aryl methyl sites for hydroxylation is 1. The lowest BCUT2D eigenvalue weighted by atomic mass is 10.0. The molecule has 1 saturated heterocycles. The number of β-amino-alcohol motifs (C(OH)–C–C–N with tert-alkyl or cyclic N) is 1. The molecule has 7 nitrogen and oxygen atoms in total. The minimum atomic E-state index is -0.719. The zero-order valence-electron chi connectivity index (χ0n) is 16.2. The highest BCUT2D eigenvalue weighted by Crippen LogP contribution is 2.21. The average molecular weight is 393 g/mol. The third kappa shape index (κ3) is 4.14. The molecular weight excluding hydrogens is 370 g/mol. The number of carbonyl (C=O) groups excluding carboxylic acids is 2. The molecule has 1 fully saturated rings. The smallest absolute Gasteiger partial charge is 0.243 e. The molecule has 1 aliphatic rings. The second-order valence-corrected chi connectivity index (χ2v) is 7.42. The van der Waals surface area contributed by atoms with Crippen molar-refractivity contribution in [2.75, 3.05) is 6.54 Å². The summed E-state index contributed by atoms with van der Waals surface area (Å²) in [4.78, 5) is 26.9. The summed E-state index contributed by atoms with van der Waals surface area (Å²) in [7, 11) is 0. The van der Waals surface area contributed by atoms with Gasteiger partial charge in [-0.3, -0.25) is 9.59 Å². The van der Waals surface area contributed by atoms with Crippen LogP contribution in [0, 0.1) is 6.92 Å². The number of benzene rings is 2. The Morgan fingerprint density at radius 1 is 1.24 bits per heavy atom. The minimum absolute atomic E-state index is 0.0145. The van der Waals surface area contributed by atoms with Gasteiger partial charge in [0.15, 0.2) is 0 Å². The molecule has 7 heteroatoms. The molecule has 2 heterocycles. The van der Waals surface area contributed by atoms with Crippen LogP contribution in [0.4, 0.5) is 0 Å². The van der Waals surface area contributed by atoms with Crippen LogP contribution in [0.2, 0.25) is 0 Å². The Morgan fingerprint density at radius 2 is 2.03 bits per heavy atom. The standard InChI is InChI=1S/C22H23N3O4/c1-14-9-18(29-24-14)11-21(27)25-13-17(26)10-20(25)22(28)23-12-16-7-4-6-15-5-2-3-8-19(15)16/h2-9,17,20,26H,10-13H2,1H3,(H,23,28). The normalized spacial score (nSPS) is 18.9. The van der Waals surface area contributed by atoms with Crippen LogP contribution < -0.4 is 5.32 Å². The summed E-state index contributed by atoms with van der Waals surface area (Å²) in [5.74, 6) is -0.0802. The van der Waals surface area contributed by atoms with Crippen molar-refractivity contribution in [2.24, 2.45) is 0 Å². The molecule has 2 aromatic carbocycles. The highest BCUT2D eigenvalue weighted by molar-refractivity contribution is 5.90. The Kier molecular flexibility index (Phi) is 5.31. The van der Waals surface area contributed by atoms with Crippen LogP contribution in [-0.2, 0) is 22.6 Å². The second-order valence-electron chi connectivity index (χ2n) is 7.42. The van der Waals surface area contributed by atoms with Crippen molar-refractivity contribution in [1.29, 1.82) is 0 Å². The van der Waals surface area contributed by atoms with Gasteiger partial charge in [-0.1, -0.05) is 47.6 Å². The number of aliphatic hydroxyl groups excluding tert-OH is 1. The van der Waals surface area contributed by atoms with Gasteiger partial charge in [-0.05, 0) is 23.3 Å². The van der Waals surface area contributed by atoms with Crippen molar-refractivity contribution in [3.05, 3.63) is 65.5 Å². The summed E-state index contributed by atoms with van der Waals surface area (Å²) < 4.78 is 5.10. The number of carbonyl (C=O) groups is 2. The van der Waals surface area contributed by atoms with E-state index in [2.05, 4.69) is 10.5 Å². The molecule has 0 aliphatic carbocycles. The van der Waals surface area contributed by atoms with Gasteiger partial charge in [-0.25, -0.2) is 0 Å². The molecule has 1 aliphatic heterocycles. The zero-order valence-corrected chi connectivity index (χ0v) is 16.2. The van der Waals surface area contributed by atoms with E-state index in [4.69, 9.17) is 4.52 Å². The molecule has 0 radical (unpaired) electrons. The monoisotopic (exact) mass is 393 g/mol. The third-order valence-corrected chi connectivity index (χ3v) is 5.24. The lowest BCUT2D eigenvalue weighted by Gasteiger charge is -2.23. The van der Waals surface area contributed by atoms with E-state index in [-0.39, 0.29) is 31.2 Å². The molecule has 0 saturated carbocycles. The topological polar surface area (TPSA) is 95.7 Å². The van der Waals surface area contributed by atoms with E-state index in [1.807, 2.05) is 42.5 Å². The van der Waals surface area contributed by atoms with Gasteiger partial charge < -0.3 is 19.8 Å². The molecule has 2 unspecified atom stereocenters. The molecule has 3 aromatic rings. The SMILES string of the molecule is Cc1cc(CC(=O)N2CC(O)CC2C(=O)NCc2cccc3ccccc23)on1. The number of nitrogens with one attached hydrogen (secondary N) is 1. The molecule has 0 spiro atoms. The Bertz CT molecular complexity index is 1040. The van der Waals surface area contributed by atoms with Crippen LogP contribution in [0.25, 0.3) is 10.8 Å². The number of hydrogen-bond acceptors (Lipinski definition) is 5. The van der Waals surface area contributed by atoms with E-state index in [1.54, 1.807) is 13.0 Å². The number of rotatable bonds is 5. The van der Waals surface area contributed by atoms with E-state index >= 15 is 0 Å². The highest BCUT2D eigenvalue weighted by Gasteiger charge is 2.38. The molecule has 2 amide bonds. The summed E-state index contributed by atoms with van der Waals surface area (Å²) in [6.07, 6.45) is -0.479. The van der Waals surface area contributed by atoms with Crippen LogP contribution in [0.15, 0.2) is 53.1 Å². The zero-order chi connectivity index (χ0) is 20.4. The first-order valence-electron chi connectivity index (χ1n) is 9.65. The number of likely N-dealkylation sites (tertiary alicyclic amines) is 1. The minimum Gasteiger partial charge on any atom is -0.391 e. The van der Waals surface area contributed by atoms with Crippen molar-refractivity contribution in [3.63, 3.8) is 0 Å². The Labute approximate surface area is 168 Å². The summed E-state index contributed by atoms with van der Waals surface area (Å²) in [6.45, 7) is 2.27. The van der Waals surface area contributed by atoms with Gasteiger partial charge >= 0.3 is 0 Å². The van der Waals surface area contributed by atoms with Gasteiger partial charge in [-0.15, -0.1) is 0 Å². The average Bonchev–Trinajstić information content (AvgIpc) is 3.31. The quantitative estimate of drug-likeness (QED) is 0.691. The number of aliphatic hydroxyl groups is 1. The Morgan fingerprint density at radius 3 is 2.83 bits per heavy atom. The Balaban J connectivity index is 1.44. The number of amides is 2. The molecule has 2 N–H and O–H groups in total. The van der Waals surface area contributed by atoms with Crippen molar-refractivity contribution < 1.29 is 19.2 Å². The van der Waals surface area contributed by atoms with Crippen LogP contribution in [0.5, 0.6) is 0 Å². The van der Waals surface area contributed by atoms with Crippen molar-refractivity contribution in [1.82, 2.24) is 15.4 Å². The number of fused-ring (bicyclic) bond motifs is 1. The lowest BCUT2D eigenvalue weighted by molar-refractivity contribution is -0.138. The van der Waals surface area contributed by atoms with E-state index < -0.39 is 12.1 Å². The summed E-state index contributed by atoms with van der Waals surface area (Å²) in [6, 6.07) is 14.9. The van der Waals surface area contributed by atoms with Gasteiger partial charge in [0.1, 0.15) is 11.8 Å². The predicted molar refractivity (Wildman–Crippen MR) is 107 cm³/mol. The van der Waals surface area contributed by atoms with Crippen LogP contribution in [-0.4, -0.2) is 45.7 Å². The number of aromatic nitrogens is 1. The highest BCUT2D eigenvalue weighted by atomic mass is 16.5. The van der Waals surface area contributed by atoms with Gasteiger partial charge in [0.05, 0.1) is 18.2 Å². The lowest BCUT2D eigenvalue weighted by Crippen LogP contribution is -2.46. The molecule has 29 heavy (non-hydrogen) atoms. The van der Waals surface area contributed by atoms with Crippen LogP contribution in [0.3, 0.4) is 0 Å². The summed E-state index contributed by atoms with van der Waals surface area (Å²) in [5.41, 5.74) is 1.70. The van der Waals surface area contributed by atoms with Crippen LogP contribution in [0.1, 0.15) is 23.4 Å². The van der Waals surface area contributed by atoms with E-state index in [0.717, 1.165) is 16.3 Å². The molecule has 0 bridgehead atoms. The van der Waals surface area contributed by atoms with Gasteiger partial charge in [0.25, 0.3) is 0 Å². The second kappa shape index (κ2) is 8.05. The first kappa shape index (κ1) is 19.1. The van der Waals surface area contributed by atoms with E-state index in [9.17, 15) is 14.7 Å². The maximum absolute atomic E-state index is 12.8. The van der Waals surface area contributed by atoms with Crippen molar-refractivity contribution in [2.45, 2.75) is 38.5 Å². The van der Waals surface area contributed by atoms with Crippen LogP contribution >= 0.6 is 0 Å². The van der Waals surface area contributed by atoms with Gasteiger partial charge in [0.2, 0.25) is 11.8 Å². The molecular formula is C22H23N3O4. The Hall–Kier alpha value is -3.19. The first-order chi connectivity index (χ1) is 14.0. The van der Waals surface area contributed by atoms with Crippen molar-refractivity contribution >= 4 is 22.6 Å². The number of nitrogens with zero attached hydrogens (tertiary/aromatic N) is 2. The maximum Gasteiger partial charge on any atom is 0.243 e. The maximum atomic E-state index is 12.8. The molecule has 2 atom stereocenters. The first-order valence-corrected chi connectivity index (χ1v) is 9.65. The largest absolute Gasteiger partial charge is 0.391 e. The fourth-order valence-corrected chi connectivity index (χ4v) is 3.83. The van der Waals surface area contributed by atoms with E-state index in [1.165, 1.54) is 4.90 Å². The fraction of sp³-hybridized carbons (Fsp3) is 0.318. The predicted octanol–water partition coefficient (Wildman–Crippen LogP) is 1.96. The molecule has 1 aromatic heterocycles. The van der Waals surface area contributed by atoms with Crippen molar-refractivity contribution in [3.8, 4) is 0 Å². The third-order valence-electron chi connectivity index (χ3n) is 5.24. The number of hydrogen-bond donors (Lipinski definition) is 2. The van der Waals surface area contributed by atoms with E-state index in [0.29, 0.717) is 18.0 Å².